The quantitative estimate of drug-likeness (QED) is 0.774. The molecule has 2 aromatic carbocycles. The molecule has 0 atom stereocenters. The summed E-state index contributed by atoms with van der Waals surface area (Å²) in [6.07, 6.45) is 0. The zero-order valence-corrected chi connectivity index (χ0v) is 13.8. The second kappa shape index (κ2) is 6.39. The Morgan fingerprint density at radius 2 is 1.83 bits per heavy atom. The van der Waals surface area contributed by atoms with E-state index in [1.165, 1.54) is 0 Å². The van der Waals surface area contributed by atoms with Crippen molar-refractivity contribution in [2.45, 2.75) is 20.4 Å². The van der Waals surface area contributed by atoms with Crippen LogP contribution in [0.4, 0.5) is 0 Å². The lowest BCUT2D eigenvalue weighted by Gasteiger charge is -2.09. The number of hydrogen-bond donors (Lipinski definition) is 1. The van der Waals surface area contributed by atoms with E-state index in [9.17, 15) is 4.79 Å². The number of nitrogens with one attached hydrogen (secondary N) is 1. The molecule has 3 rings (SSSR count). The number of rotatable bonds is 3. The molecule has 0 aliphatic rings. The molecule has 0 radical (unpaired) electrons. The molecule has 1 aromatic heterocycles. The zero-order chi connectivity index (χ0) is 16.4. The third-order valence-electron chi connectivity index (χ3n) is 3.77. The van der Waals surface area contributed by atoms with E-state index in [1.807, 2.05) is 62.4 Å². The summed E-state index contributed by atoms with van der Waals surface area (Å²) in [5.41, 5.74) is 4.40. The number of pyridine rings is 1. The van der Waals surface area contributed by atoms with Crippen LogP contribution in [0.15, 0.2) is 48.5 Å². The molecule has 116 valence electrons. The van der Waals surface area contributed by atoms with Gasteiger partial charge in [-0.1, -0.05) is 35.4 Å². The van der Waals surface area contributed by atoms with E-state index in [-0.39, 0.29) is 5.91 Å². The molecule has 0 saturated heterocycles. The predicted molar refractivity (Wildman–Crippen MR) is 93.8 cm³/mol. The molecule has 0 spiro atoms. The number of halogens is 1. The predicted octanol–water partition coefficient (Wildman–Crippen LogP) is 4.44. The molecule has 23 heavy (non-hydrogen) atoms. The number of aromatic nitrogens is 1. The Labute approximate surface area is 140 Å². The van der Waals surface area contributed by atoms with Gasteiger partial charge in [0.1, 0.15) is 0 Å². The minimum absolute atomic E-state index is 0.117. The molecule has 4 heteroatoms. The number of fused-ring (bicyclic) bond motifs is 1. The van der Waals surface area contributed by atoms with Crippen LogP contribution >= 0.6 is 11.6 Å². The lowest BCUT2D eigenvalue weighted by molar-refractivity contribution is 0.0950. The first kappa shape index (κ1) is 15.5. The maximum atomic E-state index is 12.5. The second-order valence-electron chi connectivity index (χ2n) is 5.63. The summed E-state index contributed by atoms with van der Waals surface area (Å²) in [7, 11) is 0. The summed E-state index contributed by atoms with van der Waals surface area (Å²) in [4.78, 5) is 17.0. The Morgan fingerprint density at radius 3 is 2.57 bits per heavy atom. The highest BCUT2D eigenvalue weighted by atomic mass is 35.5. The van der Waals surface area contributed by atoms with Crippen LogP contribution in [0.25, 0.3) is 10.9 Å². The number of carbonyl (C=O) groups excluding carboxylic acids is 1. The molecule has 0 bridgehead atoms. The number of nitrogens with zero attached hydrogens (tertiary/aromatic N) is 1. The van der Waals surface area contributed by atoms with Gasteiger partial charge in [-0.3, -0.25) is 9.78 Å². The summed E-state index contributed by atoms with van der Waals surface area (Å²) in [5.74, 6) is -0.117. The van der Waals surface area contributed by atoms with E-state index in [1.54, 1.807) is 0 Å². The van der Waals surface area contributed by atoms with Crippen molar-refractivity contribution in [3.05, 3.63) is 75.9 Å². The number of amides is 1. The van der Waals surface area contributed by atoms with Crippen LogP contribution in [0.2, 0.25) is 5.02 Å². The van der Waals surface area contributed by atoms with Crippen LogP contribution in [-0.4, -0.2) is 10.9 Å². The SMILES string of the molecule is Cc1ccc2nc(C)c(C(=O)NCc3ccc(Cl)cc3)cc2c1. The fraction of sp³-hybridized carbons (Fsp3) is 0.158. The average molecular weight is 325 g/mol. The number of benzene rings is 2. The van der Waals surface area contributed by atoms with Gasteiger partial charge in [0.05, 0.1) is 16.8 Å². The first-order valence-corrected chi connectivity index (χ1v) is 7.81. The van der Waals surface area contributed by atoms with Gasteiger partial charge < -0.3 is 5.32 Å². The highest BCUT2D eigenvalue weighted by Gasteiger charge is 2.11. The van der Waals surface area contributed by atoms with E-state index in [2.05, 4.69) is 10.3 Å². The first-order chi connectivity index (χ1) is 11.0. The standard InChI is InChI=1S/C19H17ClN2O/c1-12-3-8-18-15(9-12)10-17(13(2)22-18)19(23)21-11-14-4-6-16(20)7-5-14/h3-10H,11H2,1-2H3,(H,21,23). The van der Waals surface area contributed by atoms with Gasteiger partial charge in [0.25, 0.3) is 5.91 Å². The van der Waals surface area contributed by atoms with E-state index in [4.69, 9.17) is 11.6 Å². The fourth-order valence-corrected chi connectivity index (χ4v) is 2.63. The molecule has 1 heterocycles. The van der Waals surface area contributed by atoms with Crippen molar-refractivity contribution >= 4 is 28.4 Å². The minimum atomic E-state index is -0.117. The Bertz CT molecular complexity index is 872. The maximum absolute atomic E-state index is 12.5. The van der Waals surface area contributed by atoms with Crippen molar-refractivity contribution < 1.29 is 4.79 Å². The molecule has 1 amide bonds. The van der Waals surface area contributed by atoms with Gasteiger partial charge in [-0.25, -0.2) is 0 Å². The molecule has 1 N–H and O–H groups in total. The smallest absolute Gasteiger partial charge is 0.253 e. The monoisotopic (exact) mass is 324 g/mol. The molecule has 0 unspecified atom stereocenters. The molecule has 0 saturated carbocycles. The zero-order valence-electron chi connectivity index (χ0n) is 13.1. The minimum Gasteiger partial charge on any atom is -0.348 e. The molecular formula is C19H17ClN2O. The lowest BCUT2D eigenvalue weighted by Crippen LogP contribution is -2.24. The molecule has 3 nitrogen and oxygen atoms in total. The number of carbonyl (C=O) groups is 1. The summed E-state index contributed by atoms with van der Waals surface area (Å²) < 4.78 is 0. The van der Waals surface area contributed by atoms with Crippen LogP contribution in [0.3, 0.4) is 0 Å². The number of hydrogen-bond acceptors (Lipinski definition) is 2. The summed E-state index contributed by atoms with van der Waals surface area (Å²) in [6.45, 7) is 4.34. The van der Waals surface area contributed by atoms with Gasteiger partial charge in [-0.15, -0.1) is 0 Å². The van der Waals surface area contributed by atoms with Crippen molar-refractivity contribution in [2.75, 3.05) is 0 Å². The summed E-state index contributed by atoms with van der Waals surface area (Å²) >= 11 is 5.86. The third-order valence-corrected chi connectivity index (χ3v) is 4.02. The Kier molecular flexibility index (Phi) is 4.30. The summed E-state index contributed by atoms with van der Waals surface area (Å²) in [6, 6.07) is 15.4. The van der Waals surface area contributed by atoms with Crippen molar-refractivity contribution in [1.82, 2.24) is 10.3 Å². The van der Waals surface area contributed by atoms with E-state index in [0.717, 1.165) is 27.7 Å². The van der Waals surface area contributed by atoms with E-state index < -0.39 is 0 Å². The highest BCUT2D eigenvalue weighted by molar-refractivity contribution is 6.30. The van der Waals surface area contributed by atoms with E-state index in [0.29, 0.717) is 17.1 Å². The van der Waals surface area contributed by atoms with Gasteiger partial charge in [0, 0.05) is 17.0 Å². The molecule has 0 aliphatic heterocycles. The van der Waals surface area contributed by atoms with Crippen molar-refractivity contribution in [1.29, 1.82) is 0 Å². The highest BCUT2D eigenvalue weighted by Crippen LogP contribution is 2.18. The fourth-order valence-electron chi connectivity index (χ4n) is 2.50. The Hall–Kier alpha value is -2.39. The topological polar surface area (TPSA) is 42.0 Å². The van der Waals surface area contributed by atoms with Crippen LogP contribution in [0, 0.1) is 13.8 Å². The van der Waals surface area contributed by atoms with Crippen LogP contribution in [0.1, 0.15) is 27.2 Å². The van der Waals surface area contributed by atoms with Gasteiger partial charge in [0.15, 0.2) is 0 Å². The first-order valence-electron chi connectivity index (χ1n) is 7.43. The lowest BCUT2D eigenvalue weighted by atomic mass is 10.1. The van der Waals surface area contributed by atoms with Crippen LogP contribution in [-0.2, 0) is 6.54 Å². The average Bonchev–Trinajstić information content (AvgIpc) is 2.54. The van der Waals surface area contributed by atoms with Gasteiger partial charge >= 0.3 is 0 Å². The summed E-state index contributed by atoms with van der Waals surface area (Å²) in [5, 5.41) is 4.60. The van der Waals surface area contributed by atoms with Crippen LogP contribution in [0.5, 0.6) is 0 Å². The normalized spacial score (nSPS) is 10.7. The van der Waals surface area contributed by atoms with Crippen molar-refractivity contribution in [3.8, 4) is 0 Å². The van der Waals surface area contributed by atoms with Gasteiger partial charge in [0.2, 0.25) is 0 Å². The second-order valence-corrected chi connectivity index (χ2v) is 6.06. The largest absolute Gasteiger partial charge is 0.348 e. The molecule has 0 aliphatic carbocycles. The molecule has 0 fully saturated rings. The van der Waals surface area contributed by atoms with Crippen LogP contribution < -0.4 is 5.32 Å². The number of aryl methyl sites for hydroxylation is 2. The van der Waals surface area contributed by atoms with Crippen molar-refractivity contribution in [2.24, 2.45) is 0 Å². The maximum Gasteiger partial charge on any atom is 0.253 e. The van der Waals surface area contributed by atoms with Gasteiger partial charge in [-0.05, 0) is 49.7 Å². The van der Waals surface area contributed by atoms with E-state index >= 15 is 0 Å². The molecule has 3 aromatic rings. The van der Waals surface area contributed by atoms with Crippen molar-refractivity contribution in [3.63, 3.8) is 0 Å². The molecular weight excluding hydrogens is 308 g/mol. The Balaban J connectivity index is 1.82. The Morgan fingerprint density at radius 1 is 1.09 bits per heavy atom. The third kappa shape index (κ3) is 3.51. The van der Waals surface area contributed by atoms with Gasteiger partial charge in [-0.2, -0.15) is 0 Å².